The Morgan fingerprint density at radius 1 is 1.15 bits per heavy atom. The van der Waals surface area contributed by atoms with Crippen LogP contribution in [0.25, 0.3) is 22.1 Å². The molecule has 34 heavy (non-hydrogen) atoms. The second-order valence-corrected chi connectivity index (χ2v) is 11.1. The molecule has 7 heteroatoms. The van der Waals surface area contributed by atoms with Gasteiger partial charge in [-0.3, -0.25) is 4.79 Å². The molecule has 8 rings (SSSR count). The molecule has 174 valence electrons. The summed E-state index contributed by atoms with van der Waals surface area (Å²) in [6, 6.07) is 13.4. The van der Waals surface area contributed by atoms with Crippen LogP contribution in [0.1, 0.15) is 49.5 Å². The van der Waals surface area contributed by atoms with Crippen molar-refractivity contribution in [1.29, 1.82) is 0 Å². The smallest absolute Gasteiger partial charge is 0.464 e. The summed E-state index contributed by atoms with van der Waals surface area (Å²) in [5.41, 5.74) is 3.62. The van der Waals surface area contributed by atoms with Crippen LogP contribution < -0.4 is 5.32 Å². The van der Waals surface area contributed by atoms with E-state index in [-0.39, 0.29) is 29.0 Å². The van der Waals surface area contributed by atoms with Gasteiger partial charge >= 0.3 is 7.12 Å². The van der Waals surface area contributed by atoms with Crippen LogP contribution in [0.15, 0.2) is 57.6 Å². The maximum Gasteiger partial charge on any atom is 0.482 e. The lowest BCUT2D eigenvalue weighted by Crippen LogP contribution is -2.65. The Morgan fingerprint density at radius 3 is 2.76 bits per heavy atom. The van der Waals surface area contributed by atoms with E-state index in [1.807, 2.05) is 36.4 Å². The van der Waals surface area contributed by atoms with E-state index in [4.69, 9.17) is 18.1 Å². The molecule has 4 bridgehead atoms. The fraction of sp³-hybridized carbons (Fsp3) is 0.444. The molecule has 4 aliphatic rings. The molecule has 0 radical (unpaired) electrons. The van der Waals surface area contributed by atoms with Gasteiger partial charge in [-0.2, -0.15) is 0 Å². The third-order valence-corrected chi connectivity index (χ3v) is 9.04. The van der Waals surface area contributed by atoms with Gasteiger partial charge in [-0.25, -0.2) is 0 Å². The lowest BCUT2D eigenvalue weighted by molar-refractivity contribution is -0.199. The minimum absolute atomic E-state index is 0.0488. The van der Waals surface area contributed by atoms with Crippen molar-refractivity contribution >= 4 is 35.2 Å². The van der Waals surface area contributed by atoms with Gasteiger partial charge < -0.3 is 23.5 Å². The Balaban J connectivity index is 1.20. The molecule has 1 aromatic carbocycles. The molecule has 0 spiro atoms. The SMILES string of the molecule is CC1(C)C2CC1[C@]1(C)OB([C@H](Cc3coc4ccccc34)NC(=O)c3cc4ccc3o4)O[C@@H]1C2. The van der Waals surface area contributed by atoms with Gasteiger partial charge in [-0.1, -0.05) is 32.0 Å². The molecule has 1 aliphatic heterocycles. The van der Waals surface area contributed by atoms with Gasteiger partial charge in [-0.05, 0) is 73.3 Å². The van der Waals surface area contributed by atoms with E-state index in [2.05, 4.69) is 26.1 Å². The standard InChI is InChI=1S/C27H28BNO5/c1-26(2)16-11-22(26)27(3)23(12-16)33-28(34-27)24(10-15-14-31-20-7-5-4-6-18(15)20)29-25(30)19-13-17-8-9-21(19)32-17/h4-9,13-14,16,22-24H,10-12H2,1-3H3,(H,29,30)/t16?,22?,23-,24+,27+/m1/s1. The van der Waals surface area contributed by atoms with Crippen molar-refractivity contribution in [3.8, 4) is 0 Å². The predicted molar refractivity (Wildman–Crippen MR) is 129 cm³/mol. The molecular formula is C27H28BNO5. The van der Waals surface area contributed by atoms with Crippen LogP contribution in [-0.4, -0.2) is 30.7 Å². The van der Waals surface area contributed by atoms with E-state index in [1.54, 1.807) is 12.3 Å². The highest BCUT2D eigenvalue weighted by atomic mass is 16.7. The normalized spacial score (nSPS) is 30.4. The van der Waals surface area contributed by atoms with Crippen molar-refractivity contribution in [2.45, 2.75) is 57.7 Å². The molecule has 2 unspecified atom stereocenters. The average Bonchev–Trinajstić information content (AvgIpc) is 3.60. The van der Waals surface area contributed by atoms with Gasteiger partial charge in [0.25, 0.3) is 5.91 Å². The second kappa shape index (κ2) is 6.89. The number of nitrogens with one attached hydrogen (secondary N) is 1. The molecule has 1 amide bonds. The Labute approximate surface area is 198 Å². The molecular weight excluding hydrogens is 429 g/mol. The number of amides is 1. The van der Waals surface area contributed by atoms with Crippen molar-refractivity contribution < 1.29 is 22.9 Å². The Morgan fingerprint density at radius 2 is 2.00 bits per heavy atom. The number of fused-ring (bicyclic) bond motifs is 3. The summed E-state index contributed by atoms with van der Waals surface area (Å²) in [5, 5.41) is 4.26. The van der Waals surface area contributed by atoms with Gasteiger partial charge in [0.05, 0.1) is 29.5 Å². The highest BCUT2D eigenvalue weighted by molar-refractivity contribution is 6.48. The Hall–Kier alpha value is -2.77. The average molecular weight is 457 g/mol. The summed E-state index contributed by atoms with van der Waals surface area (Å²) in [6.07, 6.45) is 4.57. The number of hydrogen-bond acceptors (Lipinski definition) is 5. The first-order valence-corrected chi connectivity index (χ1v) is 12.2. The Kier molecular flexibility index (Phi) is 4.17. The van der Waals surface area contributed by atoms with Crippen LogP contribution in [0, 0.1) is 17.3 Å². The largest absolute Gasteiger partial charge is 0.482 e. The molecule has 3 saturated carbocycles. The summed E-state index contributed by atoms with van der Waals surface area (Å²) in [5.74, 6) is 0.578. The zero-order valence-electron chi connectivity index (χ0n) is 19.7. The first-order chi connectivity index (χ1) is 16.3. The number of benzene rings is 2. The molecule has 1 N–H and O–H groups in total. The monoisotopic (exact) mass is 457 g/mol. The highest BCUT2D eigenvalue weighted by Gasteiger charge is 2.68. The molecule has 4 heterocycles. The van der Waals surface area contributed by atoms with Gasteiger partial charge in [-0.15, -0.1) is 0 Å². The van der Waals surface area contributed by atoms with Crippen molar-refractivity contribution in [2.24, 2.45) is 17.3 Å². The topological polar surface area (TPSA) is 73.8 Å². The minimum atomic E-state index is -0.531. The molecule has 3 aromatic heterocycles. The first-order valence-electron chi connectivity index (χ1n) is 12.2. The van der Waals surface area contributed by atoms with Crippen LogP contribution in [0.5, 0.6) is 0 Å². The first kappa shape index (κ1) is 20.6. The van der Waals surface area contributed by atoms with Crippen molar-refractivity contribution in [3.63, 3.8) is 0 Å². The zero-order valence-corrected chi connectivity index (χ0v) is 19.7. The zero-order chi connectivity index (χ0) is 23.2. The summed E-state index contributed by atoms with van der Waals surface area (Å²) in [6.45, 7) is 6.91. The van der Waals surface area contributed by atoms with Crippen LogP contribution in [-0.2, 0) is 15.7 Å². The van der Waals surface area contributed by atoms with E-state index >= 15 is 0 Å². The highest BCUT2D eigenvalue weighted by Crippen LogP contribution is 2.65. The number of rotatable bonds is 5. The fourth-order valence-corrected chi connectivity index (χ4v) is 6.93. The number of furan rings is 3. The van der Waals surface area contributed by atoms with Crippen LogP contribution in [0.3, 0.4) is 0 Å². The van der Waals surface area contributed by atoms with Crippen LogP contribution in [0.2, 0.25) is 0 Å². The maximum atomic E-state index is 13.3. The van der Waals surface area contributed by atoms with E-state index < -0.39 is 7.12 Å². The number of carbonyl (C=O) groups excluding carboxylic acids is 1. The van der Waals surface area contributed by atoms with E-state index in [0.717, 1.165) is 23.0 Å². The number of para-hydroxylation sites is 1. The molecule has 4 fully saturated rings. The van der Waals surface area contributed by atoms with Gasteiger partial charge in [0.2, 0.25) is 0 Å². The lowest BCUT2D eigenvalue weighted by Gasteiger charge is -2.64. The van der Waals surface area contributed by atoms with Crippen LogP contribution in [0.4, 0.5) is 0 Å². The maximum absolute atomic E-state index is 13.3. The van der Waals surface area contributed by atoms with E-state index in [0.29, 0.717) is 35.0 Å². The molecule has 3 aliphatic carbocycles. The summed E-state index contributed by atoms with van der Waals surface area (Å²) in [7, 11) is -0.531. The number of hydrogen-bond donors (Lipinski definition) is 1. The van der Waals surface area contributed by atoms with Gasteiger partial charge in [0.15, 0.2) is 0 Å². The van der Waals surface area contributed by atoms with E-state index in [1.165, 1.54) is 6.42 Å². The fourth-order valence-electron chi connectivity index (χ4n) is 6.93. The summed E-state index contributed by atoms with van der Waals surface area (Å²) >= 11 is 0. The van der Waals surface area contributed by atoms with Gasteiger partial charge in [0.1, 0.15) is 16.7 Å². The molecule has 5 atom stereocenters. The van der Waals surface area contributed by atoms with Crippen molar-refractivity contribution in [3.05, 3.63) is 59.9 Å². The second-order valence-electron chi connectivity index (χ2n) is 11.1. The third-order valence-electron chi connectivity index (χ3n) is 9.04. The third kappa shape index (κ3) is 2.80. The summed E-state index contributed by atoms with van der Waals surface area (Å²) in [4.78, 5) is 13.3. The predicted octanol–water partition coefficient (Wildman–Crippen LogP) is 5.23. The van der Waals surface area contributed by atoms with Gasteiger partial charge in [0, 0.05) is 5.39 Å². The minimum Gasteiger partial charge on any atom is -0.464 e. The van der Waals surface area contributed by atoms with Crippen molar-refractivity contribution in [1.82, 2.24) is 5.32 Å². The molecule has 4 aromatic rings. The lowest BCUT2D eigenvalue weighted by atomic mass is 9.43. The van der Waals surface area contributed by atoms with Crippen LogP contribution >= 0.6 is 0 Å². The van der Waals surface area contributed by atoms with Crippen molar-refractivity contribution in [2.75, 3.05) is 0 Å². The number of carbonyl (C=O) groups is 1. The quantitative estimate of drug-likeness (QED) is 0.416. The van der Waals surface area contributed by atoms with E-state index in [9.17, 15) is 4.79 Å². The molecule has 1 saturated heterocycles. The summed E-state index contributed by atoms with van der Waals surface area (Å²) < 4.78 is 24.7. The molecule has 6 nitrogen and oxygen atoms in total. The Bertz CT molecular complexity index is 1390.